The molecule has 0 bridgehead atoms. The summed E-state index contributed by atoms with van der Waals surface area (Å²) >= 11 is 0. The largest absolute Gasteiger partial charge is 0.497 e. The highest BCUT2D eigenvalue weighted by atomic mass is 16.5. The second-order valence-electron chi connectivity index (χ2n) is 9.08. The summed E-state index contributed by atoms with van der Waals surface area (Å²) in [6.07, 6.45) is 1.60. The number of ether oxygens (including phenoxy) is 3. The molecular formula is C26H25N3O8. The Balaban J connectivity index is 1.71. The molecule has 2 aliphatic rings. The van der Waals surface area contributed by atoms with Crippen molar-refractivity contribution in [3.05, 3.63) is 59.3 Å². The number of fused-ring (bicyclic) bond motifs is 2. The predicted molar refractivity (Wildman–Crippen MR) is 129 cm³/mol. The molecule has 5 rings (SSSR count). The van der Waals surface area contributed by atoms with Crippen LogP contribution in [-0.2, 0) is 25.5 Å². The fraction of sp³-hybridized carbons (Fsp3) is 0.308. The summed E-state index contributed by atoms with van der Waals surface area (Å²) in [5.74, 6) is -5.31. The average Bonchev–Trinajstić information content (AvgIpc) is 3.56. The number of aromatic amines is 1. The molecule has 0 aliphatic carbocycles. The number of hydrogen-bond donors (Lipinski definition) is 4. The number of hydrogen-bond acceptors (Lipinski definition) is 8. The number of amides is 2. The molecule has 192 valence electrons. The van der Waals surface area contributed by atoms with Gasteiger partial charge in [0.1, 0.15) is 22.6 Å². The molecule has 1 aromatic heterocycles. The number of aliphatic carboxylic acids is 1. The zero-order valence-electron chi connectivity index (χ0n) is 20.3. The van der Waals surface area contributed by atoms with Crippen molar-refractivity contribution in [2.24, 2.45) is 11.8 Å². The van der Waals surface area contributed by atoms with Crippen LogP contribution in [0.4, 0.5) is 0 Å². The van der Waals surface area contributed by atoms with E-state index < -0.39 is 47.2 Å². The van der Waals surface area contributed by atoms with Crippen molar-refractivity contribution in [1.82, 2.24) is 15.6 Å². The van der Waals surface area contributed by atoms with Gasteiger partial charge in [0, 0.05) is 35.6 Å². The van der Waals surface area contributed by atoms with Crippen LogP contribution in [0.15, 0.2) is 42.6 Å². The van der Waals surface area contributed by atoms with Gasteiger partial charge in [0.2, 0.25) is 11.8 Å². The van der Waals surface area contributed by atoms with E-state index in [0.29, 0.717) is 11.3 Å². The van der Waals surface area contributed by atoms with Crippen LogP contribution in [0.1, 0.15) is 27.5 Å². The molecule has 2 amide bonds. The van der Waals surface area contributed by atoms with Gasteiger partial charge in [-0.25, -0.2) is 4.79 Å². The van der Waals surface area contributed by atoms with E-state index in [-0.39, 0.29) is 23.3 Å². The lowest BCUT2D eigenvalue weighted by Gasteiger charge is -2.30. The van der Waals surface area contributed by atoms with E-state index >= 15 is 0 Å². The minimum absolute atomic E-state index is 0.00230. The first-order valence-electron chi connectivity index (χ1n) is 11.5. The van der Waals surface area contributed by atoms with Crippen LogP contribution < -0.4 is 20.1 Å². The fourth-order valence-electron chi connectivity index (χ4n) is 5.66. The van der Waals surface area contributed by atoms with Crippen molar-refractivity contribution >= 4 is 34.7 Å². The van der Waals surface area contributed by atoms with Crippen LogP contribution >= 0.6 is 0 Å². The molecule has 3 heterocycles. The number of carbonyl (C=O) groups excluding carboxylic acids is 3. The number of benzene rings is 2. The highest BCUT2D eigenvalue weighted by molar-refractivity contribution is 6.10. The lowest BCUT2D eigenvalue weighted by molar-refractivity contribution is -0.149. The molecule has 3 aromatic rings. The Morgan fingerprint density at radius 3 is 2.49 bits per heavy atom. The maximum absolute atomic E-state index is 13.1. The molecule has 2 aliphatic heterocycles. The zero-order chi connectivity index (χ0) is 26.5. The lowest BCUT2D eigenvalue weighted by Crippen LogP contribution is -2.57. The molecular weight excluding hydrogens is 482 g/mol. The van der Waals surface area contributed by atoms with Crippen molar-refractivity contribution in [3.8, 4) is 11.5 Å². The van der Waals surface area contributed by atoms with E-state index in [0.717, 1.165) is 10.9 Å². The van der Waals surface area contributed by atoms with E-state index in [1.54, 1.807) is 6.20 Å². The van der Waals surface area contributed by atoms with Gasteiger partial charge in [0.15, 0.2) is 0 Å². The topological polar surface area (TPSA) is 156 Å². The first-order valence-corrected chi connectivity index (χ1v) is 11.5. The standard InChI is InChI=1S/C26H25N3O8/c1-35-13-8-15(18(24(32)37-3)17(9-13)36-2)21-19-20(23(31)28-22(19)30)26(29-21,25(33)34)10-12-11-27-16-7-5-4-6-14(12)16/h4-9,11,19-21,27,29H,10H2,1-3H3,(H,33,34)(H,28,30,31). The number of carboxylic acids is 1. The monoisotopic (exact) mass is 507 g/mol. The number of carbonyl (C=O) groups is 4. The summed E-state index contributed by atoms with van der Waals surface area (Å²) in [4.78, 5) is 55.1. The van der Waals surface area contributed by atoms with Gasteiger partial charge in [-0.15, -0.1) is 0 Å². The second kappa shape index (κ2) is 8.93. The number of carboxylic acid groups (broad SMARTS) is 1. The SMILES string of the molecule is COC(=O)c1c(OC)cc(OC)cc1C1NC(Cc2c[nH]c3ccccc23)(C(=O)O)C2C(=O)NC(=O)C12. The number of aromatic nitrogens is 1. The molecule has 0 saturated carbocycles. The van der Waals surface area contributed by atoms with Crippen molar-refractivity contribution in [3.63, 3.8) is 0 Å². The van der Waals surface area contributed by atoms with Gasteiger partial charge in [0.25, 0.3) is 0 Å². The Labute approximate surface area is 211 Å². The van der Waals surface area contributed by atoms with E-state index in [1.807, 2.05) is 24.3 Å². The molecule has 11 heteroatoms. The minimum Gasteiger partial charge on any atom is -0.497 e. The number of nitrogens with one attached hydrogen (secondary N) is 3. The van der Waals surface area contributed by atoms with E-state index in [1.165, 1.54) is 33.5 Å². The highest BCUT2D eigenvalue weighted by Crippen LogP contribution is 2.50. The molecule has 0 radical (unpaired) electrons. The molecule has 4 N–H and O–H groups in total. The lowest BCUT2D eigenvalue weighted by atomic mass is 9.76. The first-order chi connectivity index (χ1) is 17.7. The fourth-order valence-corrected chi connectivity index (χ4v) is 5.66. The Morgan fingerprint density at radius 2 is 1.81 bits per heavy atom. The van der Waals surface area contributed by atoms with Gasteiger partial charge in [0.05, 0.1) is 33.2 Å². The number of esters is 1. The summed E-state index contributed by atoms with van der Waals surface area (Å²) in [7, 11) is 3.98. The van der Waals surface area contributed by atoms with Crippen molar-refractivity contribution in [2.45, 2.75) is 18.0 Å². The van der Waals surface area contributed by atoms with Gasteiger partial charge in [-0.1, -0.05) is 18.2 Å². The number of methoxy groups -OCH3 is 3. The van der Waals surface area contributed by atoms with E-state index in [2.05, 4.69) is 15.6 Å². The average molecular weight is 507 g/mol. The number of rotatable bonds is 7. The van der Waals surface area contributed by atoms with Crippen LogP contribution in [0.25, 0.3) is 10.9 Å². The number of imide groups is 1. The van der Waals surface area contributed by atoms with Gasteiger partial charge in [-0.3, -0.25) is 25.0 Å². The van der Waals surface area contributed by atoms with Crippen molar-refractivity contribution in [2.75, 3.05) is 21.3 Å². The van der Waals surface area contributed by atoms with Crippen LogP contribution in [0.3, 0.4) is 0 Å². The minimum atomic E-state index is -1.86. The number of para-hydroxylation sites is 1. The second-order valence-corrected chi connectivity index (χ2v) is 9.08. The Bertz CT molecular complexity index is 1450. The summed E-state index contributed by atoms with van der Waals surface area (Å²) in [5.41, 5.74) is -0.164. The third-order valence-corrected chi connectivity index (χ3v) is 7.31. The van der Waals surface area contributed by atoms with Gasteiger partial charge < -0.3 is 24.3 Å². The zero-order valence-corrected chi connectivity index (χ0v) is 20.3. The third kappa shape index (κ3) is 3.61. The predicted octanol–water partition coefficient (Wildman–Crippen LogP) is 1.57. The van der Waals surface area contributed by atoms with Crippen LogP contribution in [0, 0.1) is 11.8 Å². The maximum atomic E-state index is 13.1. The summed E-state index contributed by atoms with van der Waals surface area (Å²) in [6.45, 7) is 0. The van der Waals surface area contributed by atoms with E-state index in [4.69, 9.17) is 14.2 Å². The molecule has 37 heavy (non-hydrogen) atoms. The third-order valence-electron chi connectivity index (χ3n) is 7.31. The quantitative estimate of drug-likeness (QED) is 0.275. The summed E-state index contributed by atoms with van der Waals surface area (Å²) < 4.78 is 15.7. The number of H-pyrrole nitrogens is 1. The van der Waals surface area contributed by atoms with Gasteiger partial charge >= 0.3 is 11.9 Å². The van der Waals surface area contributed by atoms with Crippen LogP contribution in [-0.4, -0.2) is 60.7 Å². The molecule has 11 nitrogen and oxygen atoms in total. The molecule has 2 aromatic carbocycles. The molecule has 2 fully saturated rings. The summed E-state index contributed by atoms with van der Waals surface area (Å²) in [6, 6.07) is 9.35. The van der Waals surface area contributed by atoms with Gasteiger partial charge in [-0.05, 0) is 23.3 Å². The molecule has 4 atom stereocenters. The van der Waals surface area contributed by atoms with Crippen molar-refractivity contribution < 1.29 is 38.5 Å². The first kappa shape index (κ1) is 24.3. The van der Waals surface area contributed by atoms with Gasteiger partial charge in [-0.2, -0.15) is 0 Å². The molecule has 4 unspecified atom stereocenters. The Morgan fingerprint density at radius 1 is 1.05 bits per heavy atom. The van der Waals surface area contributed by atoms with Crippen molar-refractivity contribution in [1.29, 1.82) is 0 Å². The van der Waals surface area contributed by atoms with E-state index in [9.17, 15) is 24.3 Å². The summed E-state index contributed by atoms with van der Waals surface area (Å²) in [5, 5.41) is 16.8. The maximum Gasteiger partial charge on any atom is 0.341 e. The Hall–Kier alpha value is -4.38. The molecule has 2 saturated heterocycles. The Kier molecular flexibility index (Phi) is 5.87. The van der Waals surface area contributed by atoms with Crippen LogP contribution in [0.5, 0.6) is 11.5 Å². The smallest absolute Gasteiger partial charge is 0.341 e. The normalized spacial score (nSPS) is 24.6. The highest BCUT2D eigenvalue weighted by Gasteiger charge is 2.66. The molecule has 0 spiro atoms. The van der Waals surface area contributed by atoms with Crippen LogP contribution in [0.2, 0.25) is 0 Å².